The summed E-state index contributed by atoms with van der Waals surface area (Å²) in [6.45, 7) is 5.71. The molecule has 6 rings (SSSR count). The molecule has 0 aliphatic carbocycles. The molecule has 11 nitrogen and oxygen atoms in total. The second-order valence-corrected chi connectivity index (χ2v) is 11.5. The summed E-state index contributed by atoms with van der Waals surface area (Å²) in [7, 11) is 1.52. The number of carbonyl (C=O) groups is 1. The number of methoxy groups -OCH3 is 1. The van der Waals surface area contributed by atoms with Crippen molar-refractivity contribution in [3.63, 3.8) is 0 Å². The molecule has 0 spiro atoms. The van der Waals surface area contributed by atoms with Crippen molar-refractivity contribution in [2.45, 2.75) is 57.4 Å². The molecular weight excluding hydrogens is 576 g/mol. The first-order chi connectivity index (χ1) is 21.9. The van der Waals surface area contributed by atoms with Gasteiger partial charge in [-0.05, 0) is 50.1 Å². The van der Waals surface area contributed by atoms with Crippen molar-refractivity contribution in [2.75, 3.05) is 33.5 Å². The van der Waals surface area contributed by atoms with E-state index in [1.807, 2.05) is 25.1 Å². The molecule has 2 aliphatic rings. The molecule has 3 atom stereocenters. The van der Waals surface area contributed by atoms with E-state index in [-0.39, 0.29) is 24.1 Å². The molecule has 2 aliphatic heterocycles. The van der Waals surface area contributed by atoms with Crippen molar-refractivity contribution in [2.24, 2.45) is 0 Å². The number of hydrogen-bond acceptors (Lipinski definition) is 10. The SMILES string of the molecule is COc1cc(C(=O)N2C(C)COCC2CC(C)O)cnc1-c1cc2nccc(-c3ccc(OC4CCOCC4)c(C#N)c3)c2o1. The predicted molar refractivity (Wildman–Crippen MR) is 165 cm³/mol. The Morgan fingerprint density at radius 1 is 1.13 bits per heavy atom. The first kappa shape index (κ1) is 30.5. The summed E-state index contributed by atoms with van der Waals surface area (Å²) < 4.78 is 29.2. The Labute approximate surface area is 261 Å². The third-order valence-corrected chi connectivity index (χ3v) is 8.22. The maximum atomic E-state index is 13.7. The zero-order valence-corrected chi connectivity index (χ0v) is 25.6. The van der Waals surface area contributed by atoms with Crippen LogP contribution in [0.15, 0.2) is 53.2 Å². The summed E-state index contributed by atoms with van der Waals surface area (Å²) in [6.07, 6.45) is 4.63. The number of furan rings is 1. The lowest BCUT2D eigenvalue weighted by Gasteiger charge is -2.41. The van der Waals surface area contributed by atoms with E-state index >= 15 is 0 Å². The highest BCUT2D eigenvalue weighted by molar-refractivity contribution is 5.96. The highest BCUT2D eigenvalue weighted by atomic mass is 16.5. The second kappa shape index (κ2) is 13.2. The molecule has 3 unspecified atom stereocenters. The van der Waals surface area contributed by atoms with Crippen LogP contribution in [-0.2, 0) is 9.47 Å². The fourth-order valence-corrected chi connectivity index (χ4v) is 6.03. The third kappa shape index (κ3) is 6.35. The van der Waals surface area contributed by atoms with Crippen LogP contribution in [-0.4, -0.2) is 83.7 Å². The minimum absolute atomic E-state index is 0.0177. The number of hydrogen-bond donors (Lipinski definition) is 1. The van der Waals surface area contributed by atoms with Crippen molar-refractivity contribution in [1.29, 1.82) is 5.26 Å². The van der Waals surface area contributed by atoms with E-state index < -0.39 is 6.10 Å². The van der Waals surface area contributed by atoms with E-state index in [2.05, 4.69) is 16.0 Å². The molecule has 234 valence electrons. The number of morpholine rings is 1. The molecule has 0 radical (unpaired) electrons. The van der Waals surface area contributed by atoms with Gasteiger partial charge in [0.2, 0.25) is 0 Å². The molecule has 11 heteroatoms. The molecule has 0 saturated carbocycles. The molecule has 2 saturated heterocycles. The first-order valence-electron chi connectivity index (χ1n) is 15.2. The van der Waals surface area contributed by atoms with Gasteiger partial charge >= 0.3 is 0 Å². The van der Waals surface area contributed by atoms with E-state index in [0.717, 1.165) is 24.0 Å². The maximum absolute atomic E-state index is 13.7. The number of rotatable bonds is 8. The van der Waals surface area contributed by atoms with Gasteiger partial charge in [-0.3, -0.25) is 9.78 Å². The summed E-state index contributed by atoms with van der Waals surface area (Å²) in [5.41, 5.74) is 3.90. The van der Waals surface area contributed by atoms with Crippen molar-refractivity contribution in [3.8, 4) is 40.1 Å². The predicted octanol–water partition coefficient (Wildman–Crippen LogP) is 5.00. The average molecular weight is 613 g/mol. The molecule has 4 aromatic rings. The van der Waals surface area contributed by atoms with Crippen LogP contribution in [0.4, 0.5) is 0 Å². The molecule has 2 fully saturated rings. The number of fused-ring (bicyclic) bond motifs is 1. The van der Waals surface area contributed by atoms with Crippen LogP contribution in [0.3, 0.4) is 0 Å². The summed E-state index contributed by atoms with van der Waals surface area (Å²) in [4.78, 5) is 24.5. The number of aromatic nitrogens is 2. The lowest BCUT2D eigenvalue weighted by molar-refractivity contribution is -0.0420. The number of benzene rings is 1. The van der Waals surface area contributed by atoms with Crippen LogP contribution in [0.1, 0.15) is 49.0 Å². The molecule has 1 N–H and O–H groups in total. The number of amides is 1. The normalized spacial score (nSPS) is 19.7. The fourth-order valence-electron chi connectivity index (χ4n) is 6.03. The second-order valence-electron chi connectivity index (χ2n) is 11.5. The Hall–Kier alpha value is -4.50. The smallest absolute Gasteiger partial charge is 0.256 e. The molecule has 0 bridgehead atoms. The van der Waals surface area contributed by atoms with Gasteiger partial charge in [-0.2, -0.15) is 5.26 Å². The average Bonchev–Trinajstić information content (AvgIpc) is 3.49. The standard InChI is InChI=1S/C34H36N4O7/c1-20-18-43-19-25(12-21(2)39)38(20)34(40)24-14-30(41-3)32(37-17-24)31-15-28-33(45-31)27(6-9-36-28)22-4-5-29(23(13-22)16-35)44-26-7-10-42-11-8-26/h4-6,9,13-15,17,20-21,25-26,39H,7-8,10-12,18-19H2,1-3H3. The van der Waals surface area contributed by atoms with Crippen molar-refractivity contribution < 1.29 is 33.3 Å². The zero-order chi connectivity index (χ0) is 31.5. The Morgan fingerprint density at radius 2 is 1.96 bits per heavy atom. The van der Waals surface area contributed by atoms with Crippen LogP contribution in [0, 0.1) is 11.3 Å². The number of carbonyl (C=O) groups excluding carboxylic acids is 1. The van der Waals surface area contributed by atoms with Gasteiger partial charge in [0, 0.05) is 36.9 Å². The lowest BCUT2D eigenvalue weighted by atomic mass is 10.0. The Kier molecular flexibility index (Phi) is 8.98. The van der Waals surface area contributed by atoms with Gasteiger partial charge in [0.1, 0.15) is 34.9 Å². The Bertz CT molecular complexity index is 1720. The molecule has 45 heavy (non-hydrogen) atoms. The molecule has 1 aromatic carbocycles. The van der Waals surface area contributed by atoms with Crippen LogP contribution < -0.4 is 9.47 Å². The van der Waals surface area contributed by atoms with E-state index in [1.54, 1.807) is 36.2 Å². The van der Waals surface area contributed by atoms with Crippen molar-refractivity contribution in [1.82, 2.24) is 14.9 Å². The fraction of sp³-hybridized carbons (Fsp3) is 0.412. The number of nitriles is 1. The van der Waals surface area contributed by atoms with Gasteiger partial charge in [-0.1, -0.05) is 6.07 Å². The summed E-state index contributed by atoms with van der Waals surface area (Å²) in [5, 5.41) is 19.9. The van der Waals surface area contributed by atoms with Gasteiger partial charge in [-0.15, -0.1) is 0 Å². The summed E-state index contributed by atoms with van der Waals surface area (Å²) in [6, 6.07) is 12.6. The number of ether oxygens (including phenoxy) is 4. The minimum Gasteiger partial charge on any atom is -0.494 e. The first-order valence-corrected chi connectivity index (χ1v) is 15.2. The van der Waals surface area contributed by atoms with Crippen molar-refractivity contribution >= 4 is 17.0 Å². The number of aliphatic hydroxyl groups excluding tert-OH is 1. The minimum atomic E-state index is -0.573. The van der Waals surface area contributed by atoms with E-state index in [1.165, 1.54) is 13.3 Å². The summed E-state index contributed by atoms with van der Waals surface area (Å²) in [5.74, 6) is 1.13. The summed E-state index contributed by atoms with van der Waals surface area (Å²) >= 11 is 0. The third-order valence-electron chi connectivity index (χ3n) is 8.22. The van der Waals surface area contributed by atoms with Crippen molar-refractivity contribution in [3.05, 3.63) is 59.9 Å². The monoisotopic (exact) mass is 612 g/mol. The van der Waals surface area contributed by atoms with Crippen LogP contribution >= 0.6 is 0 Å². The van der Waals surface area contributed by atoms with E-state index in [9.17, 15) is 15.2 Å². The molecule has 5 heterocycles. The Balaban J connectivity index is 1.30. The van der Waals surface area contributed by atoms with Gasteiger partial charge in [0.25, 0.3) is 5.91 Å². The Morgan fingerprint density at radius 3 is 2.71 bits per heavy atom. The topological polar surface area (TPSA) is 140 Å². The van der Waals surface area contributed by atoms with Gasteiger partial charge in [-0.25, -0.2) is 4.98 Å². The largest absolute Gasteiger partial charge is 0.494 e. The van der Waals surface area contributed by atoms with Gasteiger partial charge in [0.05, 0.1) is 62.9 Å². The van der Waals surface area contributed by atoms with Gasteiger partial charge in [0.15, 0.2) is 11.3 Å². The molecule has 3 aromatic heterocycles. The van der Waals surface area contributed by atoms with E-state index in [0.29, 0.717) is 78.0 Å². The molecule has 1 amide bonds. The number of aliphatic hydroxyl groups is 1. The number of nitrogens with zero attached hydrogens (tertiary/aromatic N) is 4. The highest BCUT2D eigenvalue weighted by Gasteiger charge is 2.34. The molecular formula is C34H36N4O7. The zero-order valence-electron chi connectivity index (χ0n) is 25.6. The van der Waals surface area contributed by atoms with Crippen LogP contribution in [0.5, 0.6) is 11.5 Å². The van der Waals surface area contributed by atoms with Crippen LogP contribution in [0.25, 0.3) is 33.7 Å². The lowest BCUT2D eigenvalue weighted by Crippen LogP contribution is -2.54. The number of pyridine rings is 2. The quantitative estimate of drug-likeness (QED) is 0.289. The highest BCUT2D eigenvalue weighted by Crippen LogP contribution is 2.38. The maximum Gasteiger partial charge on any atom is 0.256 e. The van der Waals surface area contributed by atoms with Crippen LogP contribution in [0.2, 0.25) is 0 Å². The van der Waals surface area contributed by atoms with Gasteiger partial charge < -0.3 is 33.4 Å². The van der Waals surface area contributed by atoms with E-state index in [4.69, 9.17) is 23.4 Å².